The van der Waals surface area contributed by atoms with Gasteiger partial charge in [-0.25, -0.2) is 4.39 Å². The van der Waals surface area contributed by atoms with Crippen molar-refractivity contribution in [2.75, 3.05) is 6.54 Å². The third-order valence-electron chi connectivity index (χ3n) is 2.55. The van der Waals surface area contributed by atoms with E-state index in [9.17, 15) is 9.18 Å². The zero-order chi connectivity index (χ0) is 11.5. The summed E-state index contributed by atoms with van der Waals surface area (Å²) in [5.41, 5.74) is 5.75. The highest BCUT2D eigenvalue weighted by Gasteiger charge is 2.26. The molecule has 1 amide bonds. The van der Waals surface area contributed by atoms with Crippen molar-refractivity contribution in [3.05, 3.63) is 29.6 Å². The topological polar surface area (TPSA) is 64.3 Å². The van der Waals surface area contributed by atoms with Gasteiger partial charge in [-0.15, -0.1) is 0 Å². The quantitative estimate of drug-likeness (QED) is 0.788. The summed E-state index contributed by atoms with van der Waals surface area (Å²) in [5, 5.41) is 2.65. The summed E-state index contributed by atoms with van der Waals surface area (Å²) < 4.78 is 18.8. The minimum atomic E-state index is -0.535. The molecule has 0 saturated carbocycles. The van der Waals surface area contributed by atoms with Gasteiger partial charge < -0.3 is 15.8 Å². The van der Waals surface area contributed by atoms with Crippen LogP contribution in [0, 0.1) is 5.82 Å². The highest BCUT2D eigenvalue weighted by atomic mass is 19.1. The lowest BCUT2D eigenvalue weighted by Crippen LogP contribution is -2.28. The molecule has 3 N–H and O–H groups in total. The smallest absolute Gasteiger partial charge is 0.261 e. The van der Waals surface area contributed by atoms with E-state index in [0.717, 1.165) is 0 Å². The Labute approximate surface area is 92.6 Å². The minimum Gasteiger partial charge on any atom is -0.480 e. The van der Waals surface area contributed by atoms with E-state index >= 15 is 0 Å². The van der Waals surface area contributed by atoms with Crippen molar-refractivity contribution in [1.82, 2.24) is 5.32 Å². The van der Waals surface area contributed by atoms with Crippen LogP contribution in [0.5, 0.6) is 5.75 Å². The van der Waals surface area contributed by atoms with Gasteiger partial charge in [0.2, 0.25) is 0 Å². The molecule has 4 nitrogen and oxygen atoms in total. The Balaban J connectivity index is 2.20. The molecule has 16 heavy (non-hydrogen) atoms. The lowest BCUT2D eigenvalue weighted by atomic mass is 10.2. The third kappa shape index (κ3) is 1.99. The molecule has 1 aliphatic heterocycles. The van der Waals surface area contributed by atoms with E-state index in [1.807, 2.05) is 0 Å². The fourth-order valence-corrected chi connectivity index (χ4v) is 1.68. The monoisotopic (exact) mass is 224 g/mol. The molecule has 0 aromatic heterocycles. The maximum Gasteiger partial charge on any atom is 0.261 e. The van der Waals surface area contributed by atoms with Gasteiger partial charge in [0.25, 0.3) is 5.91 Å². The Kier molecular flexibility index (Phi) is 3.05. The van der Waals surface area contributed by atoms with E-state index in [4.69, 9.17) is 10.5 Å². The van der Waals surface area contributed by atoms with Crippen LogP contribution < -0.4 is 15.8 Å². The molecular weight excluding hydrogens is 211 g/mol. The summed E-state index contributed by atoms with van der Waals surface area (Å²) >= 11 is 0. The standard InChI is InChI=1S/C11H13FN2O2/c12-8-2-1-3-9(7(8)6-13)16-10-4-5-14-11(10)15/h1-3,10H,4-6,13H2,(H,14,15). The average molecular weight is 224 g/mol. The zero-order valence-electron chi connectivity index (χ0n) is 8.70. The predicted octanol–water partition coefficient (Wildman–Crippen LogP) is 0.552. The molecule has 5 heteroatoms. The molecule has 2 rings (SSSR count). The van der Waals surface area contributed by atoms with Gasteiger partial charge in [0, 0.05) is 25.1 Å². The highest BCUT2D eigenvalue weighted by molar-refractivity contribution is 5.83. The van der Waals surface area contributed by atoms with Gasteiger partial charge >= 0.3 is 0 Å². The van der Waals surface area contributed by atoms with Crippen LogP contribution in [0.15, 0.2) is 18.2 Å². The SMILES string of the molecule is NCc1c(F)cccc1OC1CCNC1=O. The first kappa shape index (κ1) is 10.9. The molecule has 1 saturated heterocycles. The molecule has 1 aliphatic rings. The fourth-order valence-electron chi connectivity index (χ4n) is 1.68. The molecule has 1 aromatic carbocycles. The number of amides is 1. The summed E-state index contributed by atoms with van der Waals surface area (Å²) in [5.74, 6) is -0.213. The van der Waals surface area contributed by atoms with E-state index in [-0.39, 0.29) is 12.5 Å². The first-order valence-corrected chi connectivity index (χ1v) is 5.14. The van der Waals surface area contributed by atoms with Crippen LogP contribution in [-0.4, -0.2) is 18.6 Å². The second-order valence-electron chi connectivity index (χ2n) is 3.61. The normalized spacial score (nSPS) is 19.6. The lowest BCUT2D eigenvalue weighted by molar-refractivity contribution is -0.124. The number of carbonyl (C=O) groups excluding carboxylic acids is 1. The molecule has 86 valence electrons. The van der Waals surface area contributed by atoms with Crippen LogP contribution in [0.4, 0.5) is 4.39 Å². The van der Waals surface area contributed by atoms with Crippen molar-refractivity contribution < 1.29 is 13.9 Å². The Hall–Kier alpha value is -1.62. The molecular formula is C11H13FN2O2. The number of nitrogens with one attached hydrogen (secondary N) is 1. The summed E-state index contributed by atoms with van der Waals surface area (Å²) in [6.45, 7) is 0.646. The number of rotatable bonds is 3. The van der Waals surface area contributed by atoms with Gasteiger partial charge in [-0.3, -0.25) is 4.79 Å². The molecule has 1 fully saturated rings. The van der Waals surface area contributed by atoms with Gasteiger partial charge in [0.05, 0.1) is 0 Å². The highest BCUT2D eigenvalue weighted by Crippen LogP contribution is 2.23. The molecule has 1 atom stereocenters. The molecule has 1 heterocycles. The predicted molar refractivity (Wildman–Crippen MR) is 56.3 cm³/mol. The van der Waals surface area contributed by atoms with Crippen LogP contribution in [0.2, 0.25) is 0 Å². The van der Waals surface area contributed by atoms with Crippen LogP contribution in [-0.2, 0) is 11.3 Å². The Morgan fingerprint density at radius 3 is 3.00 bits per heavy atom. The second kappa shape index (κ2) is 4.49. The van der Waals surface area contributed by atoms with Crippen LogP contribution in [0.3, 0.4) is 0 Å². The number of carbonyl (C=O) groups is 1. The molecule has 1 aromatic rings. The molecule has 0 spiro atoms. The maximum absolute atomic E-state index is 13.4. The lowest BCUT2D eigenvalue weighted by Gasteiger charge is -2.14. The van der Waals surface area contributed by atoms with E-state index < -0.39 is 11.9 Å². The van der Waals surface area contributed by atoms with E-state index in [0.29, 0.717) is 24.3 Å². The number of nitrogens with two attached hydrogens (primary N) is 1. The number of benzene rings is 1. The molecule has 0 bridgehead atoms. The van der Waals surface area contributed by atoms with Crippen molar-refractivity contribution in [3.8, 4) is 5.75 Å². The van der Waals surface area contributed by atoms with Gasteiger partial charge in [-0.05, 0) is 12.1 Å². The fraction of sp³-hybridized carbons (Fsp3) is 0.364. The summed E-state index contributed by atoms with van der Waals surface area (Å²) in [7, 11) is 0. The summed E-state index contributed by atoms with van der Waals surface area (Å²) in [6, 6.07) is 4.48. The van der Waals surface area contributed by atoms with Crippen LogP contribution in [0.25, 0.3) is 0 Å². The Morgan fingerprint density at radius 1 is 1.56 bits per heavy atom. The Bertz CT molecular complexity index is 409. The number of hydrogen-bond acceptors (Lipinski definition) is 3. The Morgan fingerprint density at radius 2 is 2.38 bits per heavy atom. The number of halogens is 1. The minimum absolute atomic E-state index is 0.0519. The van der Waals surface area contributed by atoms with Crippen molar-refractivity contribution >= 4 is 5.91 Å². The third-order valence-corrected chi connectivity index (χ3v) is 2.55. The average Bonchev–Trinajstić information content (AvgIpc) is 2.65. The molecule has 0 aliphatic carbocycles. The first-order valence-electron chi connectivity index (χ1n) is 5.14. The van der Waals surface area contributed by atoms with E-state index in [1.165, 1.54) is 12.1 Å². The van der Waals surface area contributed by atoms with Gasteiger partial charge in [-0.1, -0.05) is 6.07 Å². The maximum atomic E-state index is 13.4. The van der Waals surface area contributed by atoms with Crippen LogP contribution in [0.1, 0.15) is 12.0 Å². The summed E-state index contributed by atoms with van der Waals surface area (Å²) in [4.78, 5) is 11.3. The number of ether oxygens (including phenoxy) is 1. The largest absolute Gasteiger partial charge is 0.480 e. The van der Waals surface area contributed by atoms with Gasteiger partial charge in [0.1, 0.15) is 11.6 Å². The van der Waals surface area contributed by atoms with E-state index in [2.05, 4.69) is 5.32 Å². The first-order chi connectivity index (χ1) is 7.72. The molecule has 0 radical (unpaired) electrons. The van der Waals surface area contributed by atoms with E-state index in [1.54, 1.807) is 6.07 Å². The van der Waals surface area contributed by atoms with Crippen molar-refractivity contribution in [2.45, 2.75) is 19.1 Å². The van der Waals surface area contributed by atoms with Crippen molar-refractivity contribution in [3.63, 3.8) is 0 Å². The van der Waals surface area contributed by atoms with Crippen LogP contribution >= 0.6 is 0 Å². The number of hydrogen-bond donors (Lipinski definition) is 2. The second-order valence-corrected chi connectivity index (χ2v) is 3.61. The van der Waals surface area contributed by atoms with Crippen molar-refractivity contribution in [2.24, 2.45) is 5.73 Å². The zero-order valence-corrected chi connectivity index (χ0v) is 8.70. The van der Waals surface area contributed by atoms with Crippen molar-refractivity contribution in [1.29, 1.82) is 0 Å². The molecule has 1 unspecified atom stereocenters. The van der Waals surface area contributed by atoms with Gasteiger partial charge in [0.15, 0.2) is 6.10 Å². The summed E-state index contributed by atoms with van der Waals surface area (Å²) in [6.07, 6.45) is 0.0615. The van der Waals surface area contributed by atoms with Gasteiger partial charge in [-0.2, -0.15) is 0 Å².